The molecule has 0 spiro atoms. The van der Waals surface area contributed by atoms with Gasteiger partial charge in [-0.05, 0) is 123 Å². The Morgan fingerprint density at radius 2 is 1.77 bits per heavy atom. The first-order chi connectivity index (χ1) is 18.8. The van der Waals surface area contributed by atoms with Crippen LogP contribution in [-0.2, 0) is 10.2 Å². The van der Waals surface area contributed by atoms with Crippen LogP contribution in [0.3, 0.4) is 0 Å². The van der Waals surface area contributed by atoms with Gasteiger partial charge >= 0.3 is 0 Å². The number of nitrogens with zero attached hydrogens (tertiary/aromatic N) is 3. The Kier molecular flexibility index (Phi) is 6.79. The Morgan fingerprint density at radius 1 is 1.07 bits per heavy atom. The molecule has 1 unspecified atom stereocenters. The zero-order valence-corrected chi connectivity index (χ0v) is 25.1. The van der Waals surface area contributed by atoms with Crippen LogP contribution in [0.5, 0.6) is 0 Å². The number of nitriles is 1. The average molecular weight is 530 g/mol. The van der Waals surface area contributed by atoms with E-state index < -0.39 is 0 Å². The molecule has 3 aliphatic rings. The van der Waals surface area contributed by atoms with Gasteiger partial charge in [-0.2, -0.15) is 0 Å². The third-order valence-corrected chi connectivity index (χ3v) is 8.86. The van der Waals surface area contributed by atoms with Crippen LogP contribution in [0.25, 0.3) is 16.7 Å². The molecule has 2 aromatic rings. The van der Waals surface area contributed by atoms with Crippen molar-refractivity contribution in [1.29, 1.82) is 5.26 Å². The van der Waals surface area contributed by atoms with Crippen LogP contribution in [0, 0.1) is 38.7 Å². The van der Waals surface area contributed by atoms with Crippen molar-refractivity contribution < 1.29 is 4.74 Å². The van der Waals surface area contributed by atoms with Gasteiger partial charge in [-0.3, -0.25) is 0 Å². The summed E-state index contributed by atoms with van der Waals surface area (Å²) in [6.45, 7) is 26.7. The van der Waals surface area contributed by atoms with Gasteiger partial charge < -0.3 is 9.64 Å². The average Bonchev–Trinajstić information content (AvgIpc) is 2.86. The van der Waals surface area contributed by atoms with Crippen molar-refractivity contribution in [2.24, 2.45) is 0 Å². The second-order valence-electron chi connectivity index (χ2n) is 13.0. The fraction of sp³-hybridized carbons (Fsp3) is 0.389. The number of ether oxygens (including phenoxy) is 1. The molecule has 0 saturated heterocycles. The number of anilines is 1. The molecular formula is C36H39N3O. The highest BCUT2D eigenvalue weighted by atomic mass is 16.5. The highest BCUT2D eigenvalue weighted by Gasteiger charge is 2.43. The Morgan fingerprint density at radius 3 is 2.42 bits per heavy atom. The summed E-state index contributed by atoms with van der Waals surface area (Å²) in [5.41, 5.74) is 10.7. The molecule has 0 saturated carbocycles. The van der Waals surface area contributed by atoms with Crippen LogP contribution in [0.1, 0.15) is 92.3 Å². The lowest BCUT2D eigenvalue weighted by Gasteiger charge is -2.53. The number of hydrogen-bond acceptors (Lipinski definition) is 3. The Hall–Kier alpha value is -4.02. The molecule has 204 valence electrons. The fourth-order valence-corrected chi connectivity index (χ4v) is 6.95. The smallest absolute Gasteiger partial charge is 0.269 e. The van der Waals surface area contributed by atoms with Crippen LogP contribution in [0.15, 0.2) is 59.5 Å². The summed E-state index contributed by atoms with van der Waals surface area (Å²) in [7, 11) is 0. The third kappa shape index (κ3) is 4.77. The zero-order chi connectivity index (χ0) is 29.0. The molecule has 0 radical (unpaired) electrons. The fourth-order valence-electron chi connectivity index (χ4n) is 6.95. The van der Waals surface area contributed by atoms with Crippen LogP contribution in [0.2, 0.25) is 0 Å². The Bertz CT molecular complexity index is 1580. The minimum Gasteiger partial charge on any atom is -0.457 e. The van der Waals surface area contributed by atoms with E-state index in [1.54, 1.807) is 6.08 Å². The molecule has 0 amide bonds. The van der Waals surface area contributed by atoms with Crippen molar-refractivity contribution in [3.63, 3.8) is 0 Å². The first-order valence-corrected chi connectivity index (χ1v) is 14.2. The maximum Gasteiger partial charge on any atom is 0.269 e. The van der Waals surface area contributed by atoms with Gasteiger partial charge in [0.2, 0.25) is 0 Å². The van der Waals surface area contributed by atoms with Gasteiger partial charge in [-0.1, -0.05) is 44.5 Å². The lowest BCUT2D eigenvalue weighted by atomic mass is 9.69. The van der Waals surface area contributed by atoms with Crippen LogP contribution in [0.4, 0.5) is 5.69 Å². The second-order valence-corrected chi connectivity index (χ2v) is 13.0. The molecule has 2 aromatic carbocycles. The molecule has 0 bridgehead atoms. The molecule has 0 N–H and O–H groups in total. The van der Waals surface area contributed by atoms with Gasteiger partial charge in [0.05, 0.1) is 12.6 Å². The number of aryl methyl sites for hydroxylation is 3. The zero-order valence-electron chi connectivity index (χ0n) is 25.1. The number of rotatable bonds is 3. The van der Waals surface area contributed by atoms with Crippen molar-refractivity contribution in [3.05, 3.63) is 110 Å². The predicted octanol–water partition coefficient (Wildman–Crippen LogP) is 9.05. The van der Waals surface area contributed by atoms with E-state index in [9.17, 15) is 5.26 Å². The monoisotopic (exact) mass is 529 g/mol. The minimum atomic E-state index is 0.0607. The molecule has 4 nitrogen and oxygen atoms in total. The largest absolute Gasteiger partial charge is 0.457 e. The SMILES string of the molecule is [C-]#[N+]/C(C#N)=C1C=C(/C=C/c2cc3c4c(c2)C(C)(C)CCN4C(C)(C)CC3C)OC(c2c(C)cc(C)cc2C)=C\1. The maximum absolute atomic E-state index is 9.64. The van der Waals surface area contributed by atoms with E-state index in [4.69, 9.17) is 11.3 Å². The molecule has 3 aliphatic heterocycles. The molecule has 0 fully saturated rings. The van der Waals surface area contributed by atoms with E-state index in [1.165, 1.54) is 22.4 Å². The summed E-state index contributed by atoms with van der Waals surface area (Å²) in [5, 5.41) is 9.64. The molecule has 3 heterocycles. The summed E-state index contributed by atoms with van der Waals surface area (Å²) < 4.78 is 6.43. The van der Waals surface area contributed by atoms with E-state index >= 15 is 0 Å². The van der Waals surface area contributed by atoms with Gasteiger partial charge in [0.25, 0.3) is 5.70 Å². The van der Waals surface area contributed by atoms with Gasteiger partial charge in [0.1, 0.15) is 11.5 Å². The van der Waals surface area contributed by atoms with E-state index in [0.29, 0.717) is 23.0 Å². The highest BCUT2D eigenvalue weighted by molar-refractivity contribution is 5.75. The first kappa shape index (κ1) is 27.5. The van der Waals surface area contributed by atoms with Crippen molar-refractivity contribution in [2.75, 3.05) is 11.4 Å². The van der Waals surface area contributed by atoms with Gasteiger partial charge in [0.15, 0.2) is 0 Å². The highest BCUT2D eigenvalue weighted by Crippen LogP contribution is 2.52. The summed E-state index contributed by atoms with van der Waals surface area (Å²) in [4.78, 5) is 6.12. The standard InChI is InChI=1S/C36H39N3O/c1-22-14-23(2)33(24(3)15-22)32-19-27(31(21-37)38-9)18-28(40-32)11-10-26-16-29-25(4)20-36(7,8)39-13-12-35(5,6)30(17-26)34(29)39/h10-11,14-19,25H,12-13,20H2,1-8H3/b11-10+,31-27+. The molecular weight excluding hydrogens is 490 g/mol. The second kappa shape index (κ2) is 9.87. The van der Waals surface area contributed by atoms with Gasteiger partial charge in [-0.25, -0.2) is 10.1 Å². The van der Waals surface area contributed by atoms with Crippen molar-refractivity contribution in [1.82, 2.24) is 0 Å². The normalized spacial score (nSPS) is 21.9. The number of allylic oxidation sites excluding steroid dienone is 5. The third-order valence-electron chi connectivity index (χ3n) is 8.86. The van der Waals surface area contributed by atoms with E-state index in [2.05, 4.69) is 102 Å². The van der Waals surface area contributed by atoms with E-state index in [-0.39, 0.29) is 16.7 Å². The molecule has 0 aromatic heterocycles. The lowest BCUT2D eigenvalue weighted by molar-refractivity contribution is 0.335. The van der Waals surface area contributed by atoms with Gasteiger partial charge in [0, 0.05) is 23.3 Å². The molecule has 0 aliphatic carbocycles. The number of benzene rings is 2. The molecule has 40 heavy (non-hydrogen) atoms. The van der Waals surface area contributed by atoms with Crippen LogP contribution < -0.4 is 4.90 Å². The summed E-state index contributed by atoms with van der Waals surface area (Å²) in [6.07, 6.45) is 9.97. The number of hydrogen-bond donors (Lipinski definition) is 0. The molecule has 1 atom stereocenters. The Balaban J connectivity index is 1.58. The summed E-state index contributed by atoms with van der Waals surface area (Å²) >= 11 is 0. The summed E-state index contributed by atoms with van der Waals surface area (Å²) in [5.74, 6) is 1.75. The summed E-state index contributed by atoms with van der Waals surface area (Å²) in [6, 6.07) is 11.0. The Labute approximate surface area is 239 Å². The predicted molar refractivity (Wildman–Crippen MR) is 165 cm³/mol. The molecule has 5 rings (SSSR count). The van der Waals surface area contributed by atoms with Crippen molar-refractivity contribution >= 4 is 17.5 Å². The van der Waals surface area contributed by atoms with Crippen LogP contribution >= 0.6 is 0 Å². The lowest BCUT2D eigenvalue weighted by Crippen LogP contribution is -2.53. The maximum atomic E-state index is 9.64. The van der Waals surface area contributed by atoms with Gasteiger partial charge in [-0.15, -0.1) is 0 Å². The van der Waals surface area contributed by atoms with E-state index in [0.717, 1.165) is 41.6 Å². The van der Waals surface area contributed by atoms with Crippen molar-refractivity contribution in [2.45, 2.75) is 85.1 Å². The topological polar surface area (TPSA) is 40.6 Å². The first-order valence-electron chi connectivity index (χ1n) is 14.2. The van der Waals surface area contributed by atoms with E-state index in [1.807, 2.05) is 12.2 Å². The quantitative estimate of drug-likeness (QED) is 0.294. The van der Waals surface area contributed by atoms with Crippen LogP contribution in [-0.4, -0.2) is 12.1 Å². The van der Waals surface area contributed by atoms with Crippen molar-refractivity contribution in [3.8, 4) is 6.07 Å². The molecule has 4 heteroatoms. The minimum absolute atomic E-state index is 0.0607.